The Bertz CT molecular complexity index is 716. The average Bonchev–Trinajstić information content (AvgIpc) is 2.51. The molecule has 4 heteroatoms. The standard InChI is InChI=1S/C18H15Cl3O/c1-11(2)13-6-3-12(4-7-13)5-10-16(22)14-8-9-15(19)18(21)17(14)20/h3-11H,1-2H3/b10-5+. The summed E-state index contributed by atoms with van der Waals surface area (Å²) in [6.07, 6.45) is 3.24. The molecule has 0 amide bonds. The average molecular weight is 354 g/mol. The van der Waals surface area contributed by atoms with Crippen LogP contribution in [0.15, 0.2) is 42.5 Å². The second kappa shape index (κ2) is 7.32. The lowest BCUT2D eigenvalue weighted by atomic mass is 10.0. The van der Waals surface area contributed by atoms with Crippen LogP contribution in [0.1, 0.15) is 41.3 Å². The van der Waals surface area contributed by atoms with E-state index in [0.29, 0.717) is 16.5 Å². The summed E-state index contributed by atoms with van der Waals surface area (Å²) < 4.78 is 0. The smallest absolute Gasteiger partial charge is 0.187 e. The van der Waals surface area contributed by atoms with Crippen LogP contribution in [-0.4, -0.2) is 5.78 Å². The Morgan fingerprint density at radius 2 is 1.59 bits per heavy atom. The third-order valence-electron chi connectivity index (χ3n) is 3.33. The summed E-state index contributed by atoms with van der Waals surface area (Å²) >= 11 is 17.9. The number of halogens is 3. The van der Waals surface area contributed by atoms with Crippen LogP contribution in [0, 0.1) is 0 Å². The van der Waals surface area contributed by atoms with Crippen molar-refractivity contribution in [1.29, 1.82) is 0 Å². The lowest BCUT2D eigenvalue weighted by molar-refractivity contribution is 0.104. The molecule has 0 N–H and O–H groups in total. The molecule has 2 aromatic carbocycles. The number of hydrogen-bond acceptors (Lipinski definition) is 1. The molecule has 1 nitrogen and oxygen atoms in total. The summed E-state index contributed by atoms with van der Waals surface area (Å²) in [7, 11) is 0. The van der Waals surface area contributed by atoms with E-state index in [-0.39, 0.29) is 15.8 Å². The van der Waals surface area contributed by atoms with Gasteiger partial charge in [0.2, 0.25) is 0 Å². The minimum atomic E-state index is -0.212. The van der Waals surface area contributed by atoms with Gasteiger partial charge in [-0.05, 0) is 35.3 Å². The maximum absolute atomic E-state index is 12.2. The van der Waals surface area contributed by atoms with Gasteiger partial charge in [-0.25, -0.2) is 0 Å². The van der Waals surface area contributed by atoms with Crippen molar-refractivity contribution in [2.75, 3.05) is 0 Å². The molecule has 0 bridgehead atoms. The van der Waals surface area contributed by atoms with Crippen LogP contribution in [0.3, 0.4) is 0 Å². The first kappa shape index (κ1) is 17.1. The molecule has 0 aliphatic carbocycles. The minimum absolute atomic E-state index is 0.180. The van der Waals surface area contributed by atoms with E-state index in [1.54, 1.807) is 18.2 Å². The van der Waals surface area contributed by atoms with Crippen LogP contribution in [0.2, 0.25) is 15.1 Å². The first-order chi connectivity index (χ1) is 10.4. The molecule has 0 saturated carbocycles. The first-order valence-electron chi connectivity index (χ1n) is 6.86. The highest BCUT2D eigenvalue weighted by Gasteiger charge is 2.13. The van der Waals surface area contributed by atoms with Crippen LogP contribution >= 0.6 is 34.8 Å². The van der Waals surface area contributed by atoms with Crippen molar-refractivity contribution in [3.05, 3.63) is 74.2 Å². The molecule has 0 radical (unpaired) electrons. The number of carbonyl (C=O) groups is 1. The number of carbonyl (C=O) groups excluding carboxylic acids is 1. The molecule has 22 heavy (non-hydrogen) atoms. The SMILES string of the molecule is CC(C)c1ccc(/C=C/C(=O)c2ccc(Cl)c(Cl)c2Cl)cc1. The Morgan fingerprint density at radius 1 is 0.955 bits per heavy atom. The van der Waals surface area contributed by atoms with E-state index in [2.05, 4.69) is 26.0 Å². The quantitative estimate of drug-likeness (QED) is 0.341. The van der Waals surface area contributed by atoms with Crippen LogP contribution in [0.5, 0.6) is 0 Å². The lowest BCUT2D eigenvalue weighted by Crippen LogP contribution is -1.96. The van der Waals surface area contributed by atoms with E-state index >= 15 is 0 Å². The fraction of sp³-hybridized carbons (Fsp3) is 0.167. The van der Waals surface area contributed by atoms with Crippen molar-refractivity contribution in [3.63, 3.8) is 0 Å². The Hall–Kier alpha value is -1.28. The van der Waals surface area contributed by atoms with Gasteiger partial charge in [-0.1, -0.05) is 79.0 Å². The Labute approximate surface area is 145 Å². The number of rotatable bonds is 4. The Morgan fingerprint density at radius 3 is 2.18 bits per heavy atom. The number of allylic oxidation sites excluding steroid dienone is 1. The van der Waals surface area contributed by atoms with Crippen molar-refractivity contribution in [2.24, 2.45) is 0 Å². The van der Waals surface area contributed by atoms with Gasteiger partial charge in [0.15, 0.2) is 5.78 Å². The zero-order valence-electron chi connectivity index (χ0n) is 12.2. The van der Waals surface area contributed by atoms with Crippen LogP contribution in [0.25, 0.3) is 6.08 Å². The van der Waals surface area contributed by atoms with E-state index in [1.165, 1.54) is 11.6 Å². The van der Waals surface area contributed by atoms with Gasteiger partial charge in [-0.3, -0.25) is 4.79 Å². The first-order valence-corrected chi connectivity index (χ1v) is 7.99. The van der Waals surface area contributed by atoms with Gasteiger partial charge in [-0.2, -0.15) is 0 Å². The molecule has 0 fully saturated rings. The van der Waals surface area contributed by atoms with Crippen molar-refractivity contribution in [2.45, 2.75) is 19.8 Å². The van der Waals surface area contributed by atoms with Crippen LogP contribution < -0.4 is 0 Å². The van der Waals surface area contributed by atoms with Gasteiger partial charge in [0, 0.05) is 5.56 Å². The molecule has 0 unspecified atom stereocenters. The third-order valence-corrected chi connectivity index (χ3v) is 4.62. The van der Waals surface area contributed by atoms with Crippen molar-refractivity contribution < 1.29 is 4.79 Å². The van der Waals surface area contributed by atoms with Gasteiger partial charge in [0.1, 0.15) is 0 Å². The van der Waals surface area contributed by atoms with Crippen LogP contribution in [0.4, 0.5) is 0 Å². The van der Waals surface area contributed by atoms with E-state index in [4.69, 9.17) is 34.8 Å². The summed E-state index contributed by atoms with van der Waals surface area (Å²) in [5.41, 5.74) is 2.55. The second-order valence-electron chi connectivity index (χ2n) is 5.24. The summed E-state index contributed by atoms with van der Waals surface area (Å²) in [4.78, 5) is 12.2. The van der Waals surface area contributed by atoms with E-state index < -0.39 is 0 Å². The minimum Gasteiger partial charge on any atom is -0.289 e. The molecule has 2 aromatic rings. The number of ketones is 1. The highest BCUT2D eigenvalue weighted by molar-refractivity contribution is 6.49. The van der Waals surface area contributed by atoms with E-state index in [9.17, 15) is 4.79 Å². The van der Waals surface area contributed by atoms with Crippen molar-refractivity contribution in [1.82, 2.24) is 0 Å². The molecule has 0 saturated heterocycles. The van der Waals surface area contributed by atoms with Gasteiger partial charge in [0.05, 0.1) is 15.1 Å². The highest BCUT2D eigenvalue weighted by Crippen LogP contribution is 2.33. The zero-order valence-corrected chi connectivity index (χ0v) is 14.5. The molecular formula is C18H15Cl3O. The highest BCUT2D eigenvalue weighted by atomic mass is 35.5. The molecule has 0 spiro atoms. The predicted octanol–water partition coefficient (Wildman–Crippen LogP) is 6.67. The van der Waals surface area contributed by atoms with Gasteiger partial charge >= 0.3 is 0 Å². The lowest BCUT2D eigenvalue weighted by Gasteiger charge is -2.05. The van der Waals surface area contributed by atoms with Gasteiger partial charge in [-0.15, -0.1) is 0 Å². The summed E-state index contributed by atoms with van der Waals surface area (Å²) in [5.74, 6) is 0.270. The predicted molar refractivity (Wildman–Crippen MR) is 95.4 cm³/mol. The Balaban J connectivity index is 2.20. The van der Waals surface area contributed by atoms with E-state index in [0.717, 1.165) is 5.56 Å². The second-order valence-corrected chi connectivity index (χ2v) is 6.40. The van der Waals surface area contributed by atoms with Crippen molar-refractivity contribution in [3.8, 4) is 0 Å². The summed E-state index contributed by atoms with van der Waals surface area (Å²) in [5, 5.41) is 0.708. The molecule has 0 heterocycles. The molecular weight excluding hydrogens is 339 g/mol. The van der Waals surface area contributed by atoms with Gasteiger partial charge in [0.25, 0.3) is 0 Å². The monoisotopic (exact) mass is 352 g/mol. The number of benzene rings is 2. The van der Waals surface area contributed by atoms with Gasteiger partial charge < -0.3 is 0 Å². The molecule has 114 valence electrons. The number of hydrogen-bond donors (Lipinski definition) is 0. The van der Waals surface area contributed by atoms with Crippen molar-refractivity contribution >= 4 is 46.7 Å². The summed E-state index contributed by atoms with van der Waals surface area (Å²) in [6, 6.07) is 11.2. The normalized spacial score (nSPS) is 11.4. The topological polar surface area (TPSA) is 17.1 Å². The molecule has 0 aromatic heterocycles. The maximum atomic E-state index is 12.2. The van der Waals surface area contributed by atoms with Crippen LogP contribution in [-0.2, 0) is 0 Å². The molecule has 2 rings (SSSR count). The Kier molecular flexibility index (Phi) is 5.69. The zero-order chi connectivity index (χ0) is 16.3. The largest absolute Gasteiger partial charge is 0.289 e. The fourth-order valence-electron chi connectivity index (χ4n) is 1.97. The molecule has 0 atom stereocenters. The fourth-order valence-corrected chi connectivity index (χ4v) is 2.60. The van der Waals surface area contributed by atoms with E-state index in [1.807, 2.05) is 12.1 Å². The summed E-state index contributed by atoms with van der Waals surface area (Å²) in [6.45, 7) is 4.28. The third kappa shape index (κ3) is 3.92. The molecule has 0 aliphatic rings. The maximum Gasteiger partial charge on any atom is 0.187 e. The molecule has 0 aliphatic heterocycles.